The molecule has 1 saturated heterocycles. The smallest absolute Gasteiger partial charge is 0.318 e. The van der Waals surface area contributed by atoms with Crippen molar-refractivity contribution in [3.63, 3.8) is 0 Å². The molecule has 2 aromatic rings. The molecular weight excluding hydrogens is 533 g/mol. The zero-order valence-corrected chi connectivity index (χ0v) is 25.5. The Kier molecular flexibility index (Phi) is 8.42. The van der Waals surface area contributed by atoms with Gasteiger partial charge in [-0.05, 0) is 71.3 Å². The van der Waals surface area contributed by atoms with Crippen molar-refractivity contribution in [1.29, 1.82) is 0 Å². The minimum atomic E-state index is -0.999. The molecule has 10 heteroatoms. The predicted octanol–water partition coefficient (Wildman–Crippen LogP) is 4.18. The highest BCUT2D eigenvalue weighted by Gasteiger charge is 2.44. The van der Waals surface area contributed by atoms with Crippen molar-refractivity contribution in [3.05, 3.63) is 64.4 Å². The van der Waals surface area contributed by atoms with Crippen LogP contribution in [-0.2, 0) is 17.8 Å². The van der Waals surface area contributed by atoms with Gasteiger partial charge < -0.3 is 29.2 Å². The summed E-state index contributed by atoms with van der Waals surface area (Å²) in [5, 5.41) is 0. The molecule has 1 unspecified atom stereocenters. The van der Waals surface area contributed by atoms with Gasteiger partial charge in [0.05, 0.1) is 18.8 Å². The Morgan fingerprint density at radius 3 is 2.69 bits per heavy atom. The van der Waals surface area contributed by atoms with E-state index in [1.807, 2.05) is 0 Å². The van der Waals surface area contributed by atoms with Gasteiger partial charge in [0, 0.05) is 48.9 Å². The molecule has 1 saturated carbocycles. The van der Waals surface area contributed by atoms with Crippen LogP contribution in [0.25, 0.3) is 4.85 Å². The third-order valence-electron chi connectivity index (χ3n) is 8.98. The van der Waals surface area contributed by atoms with Crippen LogP contribution >= 0.6 is 0 Å². The predicted molar refractivity (Wildman–Crippen MR) is 162 cm³/mol. The van der Waals surface area contributed by atoms with E-state index in [1.165, 1.54) is 21.7 Å². The zero-order valence-electron chi connectivity index (χ0n) is 25.5. The van der Waals surface area contributed by atoms with E-state index in [1.54, 1.807) is 0 Å². The molecule has 1 aliphatic carbocycles. The minimum Gasteiger partial charge on any atom is -0.463 e. The lowest BCUT2D eigenvalue weighted by Crippen LogP contribution is -2.57. The Morgan fingerprint density at radius 2 is 2.02 bits per heavy atom. The second-order valence-electron chi connectivity index (χ2n) is 12.5. The summed E-state index contributed by atoms with van der Waals surface area (Å²) in [7, 11) is 4.16. The second kappa shape index (κ2) is 11.9. The number of carbonyl (C=O) groups is 1. The molecule has 2 fully saturated rings. The van der Waals surface area contributed by atoms with Crippen molar-refractivity contribution < 1.29 is 13.9 Å². The molecule has 0 N–H and O–H groups in total. The van der Waals surface area contributed by atoms with E-state index in [0.717, 1.165) is 42.9 Å². The number of amides is 1. The van der Waals surface area contributed by atoms with Crippen LogP contribution in [0.2, 0.25) is 0 Å². The fourth-order valence-corrected chi connectivity index (χ4v) is 6.40. The fourth-order valence-electron chi connectivity index (χ4n) is 6.40. The minimum absolute atomic E-state index is 0.0794. The molecule has 42 heavy (non-hydrogen) atoms. The summed E-state index contributed by atoms with van der Waals surface area (Å²) >= 11 is 0. The number of benzene rings is 1. The van der Waals surface area contributed by atoms with Crippen LogP contribution in [0.15, 0.2) is 30.6 Å². The van der Waals surface area contributed by atoms with Gasteiger partial charge in [-0.25, -0.2) is 11.0 Å². The van der Waals surface area contributed by atoms with Crippen LogP contribution in [0.4, 0.5) is 15.9 Å². The average molecular weight is 576 g/mol. The highest BCUT2D eigenvalue weighted by Crippen LogP contribution is 2.46. The first-order valence-electron chi connectivity index (χ1n) is 14.8. The standard InChI is InChI=1S/C32H42FN7O2/c1-21-9-8-10-28(23(21)3)40-18-27-26(15-22(40)2)29(36-31(35-27)42-20-32(11-12-32)19-37(6)7)38-13-14-39(30(41)24(4)33)25(17-38)16-34-5/h8-10,22,25H,4,11-20H2,1-3,6-7H3/t22?,25-/m0/s1. The lowest BCUT2D eigenvalue weighted by molar-refractivity contribution is -0.131. The SMILES string of the molecule is [C-]#[N+]C[C@H]1CN(c2nc(OCC3(CN(C)C)CC3)nc3c2CC(C)N(c2cccc(C)c2C)C3)CCN1C(=O)C(=C)F. The molecule has 9 nitrogen and oxygen atoms in total. The number of hydrogen-bond acceptors (Lipinski definition) is 7. The largest absolute Gasteiger partial charge is 0.463 e. The van der Waals surface area contributed by atoms with Crippen LogP contribution < -0.4 is 14.5 Å². The monoisotopic (exact) mass is 575 g/mol. The first-order chi connectivity index (χ1) is 20.0. The first-order valence-corrected chi connectivity index (χ1v) is 14.8. The Labute approximate surface area is 248 Å². The summed E-state index contributed by atoms with van der Waals surface area (Å²) in [5.41, 5.74) is 5.85. The molecule has 0 spiro atoms. The maximum atomic E-state index is 13.8. The summed E-state index contributed by atoms with van der Waals surface area (Å²) in [6.45, 7) is 20.5. The molecule has 2 atom stereocenters. The number of aromatic nitrogens is 2. The molecule has 0 radical (unpaired) electrons. The van der Waals surface area contributed by atoms with Gasteiger partial charge in [-0.3, -0.25) is 4.79 Å². The third-order valence-corrected chi connectivity index (χ3v) is 8.98. The second-order valence-corrected chi connectivity index (χ2v) is 12.5. The van der Waals surface area contributed by atoms with Gasteiger partial charge in [0.2, 0.25) is 6.54 Å². The summed E-state index contributed by atoms with van der Waals surface area (Å²) in [4.78, 5) is 34.2. The number of fused-ring (bicyclic) bond motifs is 1. The zero-order chi connectivity index (χ0) is 30.2. The summed E-state index contributed by atoms with van der Waals surface area (Å²) in [6.07, 6.45) is 2.99. The first kappa shape index (κ1) is 29.8. The number of ether oxygens (including phenoxy) is 1. The molecule has 3 heterocycles. The van der Waals surface area contributed by atoms with Crippen molar-refractivity contribution in [3.8, 4) is 6.01 Å². The maximum Gasteiger partial charge on any atom is 0.318 e. The summed E-state index contributed by atoms with van der Waals surface area (Å²) in [5.74, 6) is -0.952. The molecule has 2 aliphatic heterocycles. The van der Waals surface area contributed by atoms with E-state index >= 15 is 0 Å². The normalized spacial score (nSPS) is 21.1. The van der Waals surface area contributed by atoms with Crippen LogP contribution in [0.5, 0.6) is 6.01 Å². The number of carbonyl (C=O) groups excluding carboxylic acids is 1. The number of halogens is 1. The Hall–Kier alpha value is -3.71. The Bertz CT molecular complexity index is 1400. The topological polar surface area (TPSA) is 69.4 Å². The molecule has 1 amide bonds. The van der Waals surface area contributed by atoms with E-state index in [4.69, 9.17) is 21.3 Å². The quantitative estimate of drug-likeness (QED) is 0.328. The molecule has 1 aromatic heterocycles. The van der Waals surface area contributed by atoms with Crippen molar-refractivity contribution in [2.45, 2.75) is 58.7 Å². The Balaban J connectivity index is 1.49. The van der Waals surface area contributed by atoms with E-state index in [-0.39, 0.29) is 24.5 Å². The van der Waals surface area contributed by atoms with Gasteiger partial charge in [-0.2, -0.15) is 9.97 Å². The number of nitrogens with zero attached hydrogens (tertiary/aromatic N) is 7. The van der Waals surface area contributed by atoms with E-state index < -0.39 is 17.8 Å². The van der Waals surface area contributed by atoms with Gasteiger partial charge in [0.1, 0.15) is 11.9 Å². The lowest BCUT2D eigenvalue weighted by Gasteiger charge is -2.42. The average Bonchev–Trinajstić information content (AvgIpc) is 3.71. The highest BCUT2D eigenvalue weighted by molar-refractivity contribution is 5.91. The van der Waals surface area contributed by atoms with Gasteiger partial charge in [0.25, 0.3) is 5.91 Å². The molecule has 3 aliphatic rings. The van der Waals surface area contributed by atoms with Crippen LogP contribution in [-0.4, -0.2) is 91.2 Å². The van der Waals surface area contributed by atoms with Crippen LogP contribution in [0.3, 0.4) is 0 Å². The summed E-state index contributed by atoms with van der Waals surface area (Å²) < 4.78 is 20.1. The van der Waals surface area contributed by atoms with E-state index in [0.29, 0.717) is 32.3 Å². The van der Waals surface area contributed by atoms with Crippen molar-refractivity contribution in [2.24, 2.45) is 5.41 Å². The number of rotatable bonds is 9. The van der Waals surface area contributed by atoms with Gasteiger partial charge in [0.15, 0.2) is 5.83 Å². The third kappa shape index (κ3) is 6.07. The summed E-state index contributed by atoms with van der Waals surface area (Å²) in [6, 6.07) is 6.51. The number of piperazine rings is 1. The Morgan fingerprint density at radius 1 is 1.26 bits per heavy atom. The molecule has 5 rings (SSSR count). The maximum absolute atomic E-state index is 13.8. The van der Waals surface area contributed by atoms with E-state index in [2.05, 4.69) is 79.2 Å². The van der Waals surface area contributed by atoms with Gasteiger partial charge >= 0.3 is 6.01 Å². The number of hydrogen-bond donors (Lipinski definition) is 0. The highest BCUT2D eigenvalue weighted by atomic mass is 19.1. The van der Waals surface area contributed by atoms with Crippen molar-refractivity contribution >= 4 is 17.4 Å². The van der Waals surface area contributed by atoms with Gasteiger partial charge in [-0.1, -0.05) is 18.7 Å². The van der Waals surface area contributed by atoms with Crippen molar-refractivity contribution in [2.75, 3.05) is 63.2 Å². The van der Waals surface area contributed by atoms with Gasteiger partial charge in [-0.15, -0.1) is 0 Å². The lowest BCUT2D eigenvalue weighted by atomic mass is 9.96. The van der Waals surface area contributed by atoms with Crippen molar-refractivity contribution in [1.82, 2.24) is 19.8 Å². The van der Waals surface area contributed by atoms with Crippen LogP contribution in [0.1, 0.15) is 42.1 Å². The van der Waals surface area contributed by atoms with E-state index in [9.17, 15) is 9.18 Å². The number of aryl methyl sites for hydroxylation is 1. The molecule has 224 valence electrons. The molecule has 0 bridgehead atoms. The van der Waals surface area contributed by atoms with Crippen LogP contribution in [0, 0.1) is 25.8 Å². The molecular formula is C32H42FN7O2. The molecule has 1 aromatic carbocycles. The number of anilines is 2. The fraction of sp³-hybridized carbons (Fsp3) is 0.562.